The maximum Gasteiger partial charge on any atom is 3.00 e. The first-order chi connectivity index (χ1) is 12.0. The van der Waals surface area contributed by atoms with Crippen LogP contribution < -0.4 is 29.4 Å². The Bertz CT molecular complexity index is 467. The minimum atomic E-state index is -4.89. The summed E-state index contributed by atoms with van der Waals surface area (Å²) in [5.74, 6) is 0. The molecule has 0 heterocycles. The van der Waals surface area contributed by atoms with Gasteiger partial charge in [0.15, 0.2) is 0 Å². The first-order valence-corrected chi connectivity index (χ1v) is 13.8. The number of rotatable bonds is 0. The topological polar surface area (TPSA) is 484 Å². The molecular formula is H12AlO24P6Sb. The molecule has 0 aliphatic rings. The summed E-state index contributed by atoms with van der Waals surface area (Å²) in [6, 6.07) is 0. The molecule has 0 aliphatic carbocycles. The Balaban J connectivity index is -0.0000000356. The molecule has 2 radical (unpaired) electrons. The Morgan fingerprint density at radius 1 is 0.312 bits per heavy atom. The van der Waals surface area contributed by atoms with Crippen molar-refractivity contribution in [2.24, 2.45) is 0 Å². The smallest absolute Gasteiger partial charge is 0.756 e. The van der Waals surface area contributed by atoms with Crippen LogP contribution in [-0.4, -0.2) is 101 Å². The van der Waals surface area contributed by atoms with Gasteiger partial charge < -0.3 is 88.1 Å². The van der Waals surface area contributed by atoms with Gasteiger partial charge in [0.2, 0.25) is 0 Å². The van der Waals surface area contributed by atoms with Crippen molar-refractivity contribution in [2.75, 3.05) is 0 Å². The molecular weight excluding hydrogens is 719 g/mol. The number of hydrogen-bond donors (Lipinski definition) is 12. The average molecular weight is 731 g/mol. The monoisotopic (exact) mass is 730 g/mol. The molecule has 0 rings (SSSR count). The molecule has 32 heavy (non-hydrogen) atoms. The van der Waals surface area contributed by atoms with Gasteiger partial charge in [-0.15, -0.1) is 0 Å². The van der Waals surface area contributed by atoms with E-state index >= 15 is 0 Å². The van der Waals surface area contributed by atoms with E-state index in [2.05, 4.69) is 0 Å². The van der Waals surface area contributed by atoms with Crippen LogP contribution in [0, 0.1) is 0 Å². The third kappa shape index (κ3) is 7610. The van der Waals surface area contributed by atoms with Crippen molar-refractivity contribution in [3.8, 4) is 0 Å². The van der Waals surface area contributed by atoms with Gasteiger partial charge >= 0.3 is 41.8 Å². The van der Waals surface area contributed by atoms with E-state index < -0.39 is 46.9 Å². The SMILES string of the molecule is O=P([O-])(O)O.O=P([O-])(O)O.O=P([O-])(O)O.O=P([O-])(O)O.O=P([O-])(O)O.O=P([O-])(O)O.[Al+3].[Sb+3]. The van der Waals surface area contributed by atoms with Crippen LogP contribution in [0.4, 0.5) is 0 Å². The summed E-state index contributed by atoms with van der Waals surface area (Å²) in [4.78, 5) is 138. The molecule has 0 aromatic carbocycles. The zero-order chi connectivity index (χ0) is 27.0. The first-order valence-electron chi connectivity index (χ1n) is 4.59. The number of phosphoric acid groups is 6. The predicted molar refractivity (Wildman–Crippen MR) is 83.8 cm³/mol. The van der Waals surface area contributed by atoms with E-state index in [1.807, 2.05) is 0 Å². The molecule has 0 aliphatic heterocycles. The number of hydrogen-bond acceptors (Lipinski definition) is 12. The van der Waals surface area contributed by atoms with Gasteiger partial charge in [-0.1, -0.05) is 0 Å². The van der Waals surface area contributed by atoms with Gasteiger partial charge in [0.1, 0.15) is 0 Å². The largest absolute Gasteiger partial charge is 3.00 e. The second-order valence-electron chi connectivity index (χ2n) is 2.94. The summed E-state index contributed by atoms with van der Waals surface area (Å²) in [6.45, 7) is 0. The van der Waals surface area contributed by atoms with Gasteiger partial charge in [0, 0.05) is 0 Å². The minimum Gasteiger partial charge on any atom is -0.756 e. The third-order valence-electron chi connectivity index (χ3n) is 0. The molecule has 0 amide bonds. The Morgan fingerprint density at radius 3 is 0.312 bits per heavy atom. The fourth-order valence-electron chi connectivity index (χ4n) is 0. The van der Waals surface area contributed by atoms with Crippen molar-refractivity contribution in [1.29, 1.82) is 0 Å². The van der Waals surface area contributed by atoms with Gasteiger partial charge in [-0.3, -0.25) is 27.4 Å². The van der Waals surface area contributed by atoms with Gasteiger partial charge in [-0.2, -0.15) is 0 Å². The van der Waals surface area contributed by atoms with Crippen LogP contribution in [-0.2, 0) is 27.4 Å². The Kier molecular flexibility index (Phi) is 40.1. The van der Waals surface area contributed by atoms with E-state index in [1.54, 1.807) is 0 Å². The summed E-state index contributed by atoms with van der Waals surface area (Å²) in [7, 11) is -29.3. The summed E-state index contributed by atoms with van der Waals surface area (Å²) >= 11 is 0. The van der Waals surface area contributed by atoms with Crippen molar-refractivity contribution in [3.63, 3.8) is 0 Å². The molecule has 0 bridgehead atoms. The molecule has 0 unspecified atom stereocenters. The maximum absolute atomic E-state index is 8.77. The van der Waals surface area contributed by atoms with E-state index in [4.69, 9.17) is 115 Å². The molecule has 32 heteroatoms. The Labute approximate surface area is 203 Å². The quantitative estimate of drug-likeness (QED) is 0.0813. The molecule has 0 saturated heterocycles. The molecule has 0 atom stereocenters. The molecule has 194 valence electrons. The van der Waals surface area contributed by atoms with Crippen LogP contribution in [0.5, 0.6) is 0 Å². The van der Waals surface area contributed by atoms with Crippen LogP contribution in [0.15, 0.2) is 0 Å². The molecule has 0 aromatic heterocycles. The zero-order valence-corrected chi connectivity index (χ0v) is 23.0. The van der Waals surface area contributed by atoms with Crippen LogP contribution in [0.3, 0.4) is 0 Å². The van der Waals surface area contributed by atoms with E-state index in [0.29, 0.717) is 0 Å². The van der Waals surface area contributed by atoms with Crippen molar-refractivity contribution in [2.45, 2.75) is 0 Å². The van der Waals surface area contributed by atoms with Crippen molar-refractivity contribution in [3.05, 3.63) is 0 Å². The van der Waals surface area contributed by atoms with Gasteiger partial charge in [-0.25, -0.2) is 0 Å². The average Bonchev–Trinajstić information content (AvgIpc) is 1.94. The van der Waals surface area contributed by atoms with E-state index in [-0.39, 0.29) is 41.8 Å². The van der Waals surface area contributed by atoms with Crippen molar-refractivity contribution in [1.82, 2.24) is 0 Å². The molecule has 0 saturated carbocycles. The van der Waals surface area contributed by atoms with E-state index in [9.17, 15) is 0 Å². The van der Waals surface area contributed by atoms with Crippen LogP contribution >= 0.6 is 46.9 Å². The standard InChI is InChI=1S/Al.6H3O4P.Sb/c;6*1-5(2,3)4;/h;6*(H3,1,2,3,4);/q+3;;;;;;;+3/p-6. The fraction of sp³-hybridized carbons (Fsp3) is 0. The summed E-state index contributed by atoms with van der Waals surface area (Å²) < 4.78 is 52.6. The molecule has 12 N–H and O–H groups in total. The van der Waals surface area contributed by atoms with Crippen LogP contribution in [0.2, 0.25) is 0 Å². The normalized spacial score (nSPS) is 11.1. The second-order valence-corrected chi connectivity index (χ2v) is 8.83. The fourth-order valence-corrected chi connectivity index (χ4v) is 0. The van der Waals surface area contributed by atoms with Gasteiger partial charge in [0.05, 0.1) is 0 Å². The van der Waals surface area contributed by atoms with Crippen molar-refractivity contribution >= 4 is 88.7 Å². The van der Waals surface area contributed by atoms with Gasteiger partial charge in [-0.05, 0) is 0 Å². The Morgan fingerprint density at radius 2 is 0.312 bits per heavy atom. The molecule has 24 nitrogen and oxygen atoms in total. The summed E-state index contributed by atoms with van der Waals surface area (Å²) in [5, 5.41) is 0. The maximum atomic E-state index is 8.77. The van der Waals surface area contributed by atoms with E-state index in [0.717, 1.165) is 0 Å². The summed E-state index contributed by atoms with van der Waals surface area (Å²) in [5.41, 5.74) is 0. The zero-order valence-electron chi connectivity index (χ0n) is 14.0. The molecule has 0 fully saturated rings. The third-order valence-corrected chi connectivity index (χ3v) is 0. The van der Waals surface area contributed by atoms with Gasteiger partial charge in [0.25, 0.3) is 46.9 Å². The summed E-state index contributed by atoms with van der Waals surface area (Å²) in [6.07, 6.45) is 0. The van der Waals surface area contributed by atoms with Crippen LogP contribution in [0.1, 0.15) is 0 Å². The predicted octanol–water partition coefficient (Wildman–Crippen LogP) is -10.1. The molecule has 0 aromatic rings. The first kappa shape index (κ1) is 54.8. The van der Waals surface area contributed by atoms with Crippen molar-refractivity contribution < 1.29 is 115 Å². The van der Waals surface area contributed by atoms with Crippen LogP contribution in [0.25, 0.3) is 0 Å². The van der Waals surface area contributed by atoms with E-state index in [1.165, 1.54) is 0 Å². The molecule has 0 spiro atoms. The minimum absolute atomic E-state index is 0. The second kappa shape index (κ2) is 23.4. The Hall–Kier alpha value is 2.01.